The molecule has 4 heteroatoms. The minimum Gasteiger partial charge on any atom is -0.315 e. The van der Waals surface area contributed by atoms with Gasteiger partial charge in [0, 0.05) is 12.8 Å². The van der Waals surface area contributed by atoms with Crippen molar-refractivity contribution in [3.05, 3.63) is 0 Å². The van der Waals surface area contributed by atoms with E-state index in [2.05, 4.69) is 12.2 Å². The zero-order valence-electron chi connectivity index (χ0n) is 9.71. The summed E-state index contributed by atoms with van der Waals surface area (Å²) < 4.78 is 23.0. The van der Waals surface area contributed by atoms with Gasteiger partial charge in [-0.05, 0) is 18.9 Å². The maximum Gasteiger partial charge on any atom is 0.151 e. The Morgan fingerprint density at radius 3 is 2.21 bits per heavy atom. The van der Waals surface area contributed by atoms with Crippen molar-refractivity contribution < 1.29 is 8.42 Å². The second-order valence-corrected chi connectivity index (χ2v) is 6.22. The summed E-state index contributed by atoms with van der Waals surface area (Å²) in [5, 5.41) is 2.94. The normalized spacial score (nSPS) is 16.6. The van der Waals surface area contributed by atoms with E-state index in [-0.39, 0.29) is 11.2 Å². The summed E-state index contributed by atoms with van der Waals surface area (Å²) in [5.41, 5.74) is 0. The molecule has 0 aliphatic heterocycles. The van der Waals surface area contributed by atoms with E-state index in [1.54, 1.807) is 0 Å². The van der Waals surface area contributed by atoms with Gasteiger partial charge in [-0.25, -0.2) is 8.42 Å². The third-order valence-electron chi connectivity index (χ3n) is 2.60. The van der Waals surface area contributed by atoms with Gasteiger partial charge >= 0.3 is 0 Å². The zero-order chi connectivity index (χ0) is 11.2. The molecule has 0 aromatic heterocycles. The molecule has 0 fully saturated rings. The first-order valence-electron chi connectivity index (χ1n) is 5.33. The maximum absolute atomic E-state index is 11.5. The summed E-state index contributed by atoms with van der Waals surface area (Å²) in [4.78, 5) is 0. The van der Waals surface area contributed by atoms with Crippen LogP contribution in [0.2, 0.25) is 0 Å². The molecular weight excluding hydrogens is 198 g/mol. The maximum atomic E-state index is 11.5. The number of sulfone groups is 1. The second kappa shape index (κ2) is 6.40. The van der Waals surface area contributed by atoms with E-state index >= 15 is 0 Å². The first-order chi connectivity index (χ1) is 6.43. The molecule has 0 rings (SSSR count). The highest BCUT2D eigenvalue weighted by molar-refractivity contribution is 7.91. The van der Waals surface area contributed by atoms with Gasteiger partial charge in [0.1, 0.15) is 0 Å². The fraction of sp³-hybridized carbons (Fsp3) is 1.00. The molecule has 0 aromatic carbocycles. The summed E-state index contributed by atoms with van der Waals surface area (Å²) in [7, 11) is -2.92. The van der Waals surface area contributed by atoms with Gasteiger partial charge in [0.15, 0.2) is 9.84 Å². The van der Waals surface area contributed by atoms with Crippen LogP contribution in [0.5, 0.6) is 0 Å². The Morgan fingerprint density at radius 1 is 1.29 bits per heavy atom. The quantitative estimate of drug-likeness (QED) is 0.662. The van der Waals surface area contributed by atoms with Gasteiger partial charge in [0.2, 0.25) is 0 Å². The van der Waals surface area contributed by atoms with Gasteiger partial charge < -0.3 is 5.32 Å². The zero-order valence-corrected chi connectivity index (χ0v) is 10.5. The van der Waals surface area contributed by atoms with Crippen molar-refractivity contribution in [2.45, 2.75) is 38.9 Å². The van der Waals surface area contributed by atoms with Crippen LogP contribution in [0.15, 0.2) is 0 Å². The molecular formula is C10H23NO2S. The molecule has 0 bridgehead atoms. The predicted octanol–water partition coefficient (Wildman–Crippen LogP) is 1.45. The van der Waals surface area contributed by atoms with Crippen LogP contribution in [0.3, 0.4) is 0 Å². The van der Waals surface area contributed by atoms with Crippen LogP contribution in [0, 0.1) is 5.92 Å². The lowest BCUT2D eigenvalue weighted by Gasteiger charge is -2.21. The standard InChI is InChI=1S/C10H23NO2S/c1-5-7-11-8-10(9(3)6-2)14(4,12)13/h9-11H,5-8H2,1-4H3. The number of hydrogen-bond acceptors (Lipinski definition) is 3. The summed E-state index contributed by atoms with van der Waals surface area (Å²) in [6.45, 7) is 7.58. The summed E-state index contributed by atoms with van der Waals surface area (Å²) in [6, 6.07) is 0. The summed E-state index contributed by atoms with van der Waals surface area (Å²) >= 11 is 0. The van der Waals surface area contributed by atoms with E-state index in [1.165, 1.54) is 6.26 Å². The Bertz CT molecular complexity index is 237. The molecule has 0 aliphatic carbocycles. The topological polar surface area (TPSA) is 46.2 Å². The molecule has 1 N–H and O–H groups in total. The Morgan fingerprint density at radius 2 is 1.86 bits per heavy atom. The molecule has 14 heavy (non-hydrogen) atoms. The molecule has 2 atom stereocenters. The molecule has 0 spiro atoms. The van der Waals surface area contributed by atoms with Crippen LogP contribution in [-0.2, 0) is 9.84 Å². The van der Waals surface area contributed by atoms with E-state index in [1.807, 2.05) is 13.8 Å². The van der Waals surface area contributed by atoms with Gasteiger partial charge in [0.05, 0.1) is 5.25 Å². The Kier molecular flexibility index (Phi) is 6.36. The highest BCUT2D eigenvalue weighted by Gasteiger charge is 2.25. The minimum absolute atomic E-state index is 0.231. The SMILES string of the molecule is CCCNCC(C(C)CC)S(C)(=O)=O. The Balaban J connectivity index is 4.27. The van der Waals surface area contributed by atoms with Crippen LogP contribution in [0.4, 0.5) is 0 Å². The number of rotatable bonds is 7. The van der Waals surface area contributed by atoms with Crippen molar-refractivity contribution in [1.82, 2.24) is 5.32 Å². The first kappa shape index (κ1) is 13.9. The van der Waals surface area contributed by atoms with Gasteiger partial charge in [-0.3, -0.25) is 0 Å². The van der Waals surface area contributed by atoms with Crippen LogP contribution < -0.4 is 5.32 Å². The fourth-order valence-corrected chi connectivity index (χ4v) is 2.92. The van der Waals surface area contributed by atoms with Crippen molar-refractivity contribution in [3.63, 3.8) is 0 Å². The predicted molar refractivity (Wildman–Crippen MR) is 61.2 cm³/mol. The van der Waals surface area contributed by atoms with E-state index in [0.29, 0.717) is 6.54 Å². The molecule has 3 nitrogen and oxygen atoms in total. The number of hydrogen-bond donors (Lipinski definition) is 1. The van der Waals surface area contributed by atoms with Gasteiger partial charge in [-0.1, -0.05) is 27.2 Å². The third kappa shape index (κ3) is 4.96. The van der Waals surface area contributed by atoms with Crippen molar-refractivity contribution in [1.29, 1.82) is 0 Å². The first-order valence-corrected chi connectivity index (χ1v) is 7.28. The molecule has 0 radical (unpaired) electrons. The molecule has 0 heterocycles. The smallest absolute Gasteiger partial charge is 0.151 e. The molecule has 86 valence electrons. The lowest BCUT2D eigenvalue weighted by Crippen LogP contribution is -2.37. The van der Waals surface area contributed by atoms with Crippen molar-refractivity contribution in [2.24, 2.45) is 5.92 Å². The molecule has 2 unspecified atom stereocenters. The van der Waals surface area contributed by atoms with E-state index < -0.39 is 9.84 Å². The summed E-state index contributed by atoms with van der Waals surface area (Å²) in [5.74, 6) is 0.231. The van der Waals surface area contributed by atoms with Gasteiger partial charge in [0.25, 0.3) is 0 Å². The van der Waals surface area contributed by atoms with Crippen LogP contribution in [0.1, 0.15) is 33.6 Å². The average molecular weight is 221 g/mol. The average Bonchev–Trinajstić information content (AvgIpc) is 2.09. The number of nitrogens with one attached hydrogen (secondary N) is 1. The second-order valence-electron chi connectivity index (χ2n) is 3.96. The molecule has 0 saturated heterocycles. The van der Waals surface area contributed by atoms with Gasteiger partial charge in [-0.15, -0.1) is 0 Å². The van der Waals surface area contributed by atoms with E-state index in [0.717, 1.165) is 19.4 Å². The molecule has 0 saturated carbocycles. The highest BCUT2D eigenvalue weighted by atomic mass is 32.2. The largest absolute Gasteiger partial charge is 0.315 e. The van der Waals surface area contributed by atoms with Crippen molar-refractivity contribution >= 4 is 9.84 Å². The fourth-order valence-electron chi connectivity index (χ4n) is 1.46. The monoisotopic (exact) mass is 221 g/mol. The van der Waals surface area contributed by atoms with Crippen LogP contribution >= 0.6 is 0 Å². The Labute approximate surface area is 88.2 Å². The van der Waals surface area contributed by atoms with Crippen LogP contribution in [0.25, 0.3) is 0 Å². The highest BCUT2D eigenvalue weighted by Crippen LogP contribution is 2.14. The van der Waals surface area contributed by atoms with E-state index in [9.17, 15) is 8.42 Å². The minimum atomic E-state index is -2.92. The lowest BCUT2D eigenvalue weighted by atomic mass is 10.0. The van der Waals surface area contributed by atoms with Crippen LogP contribution in [-0.4, -0.2) is 33.0 Å². The lowest BCUT2D eigenvalue weighted by molar-refractivity contribution is 0.472. The van der Waals surface area contributed by atoms with E-state index in [4.69, 9.17) is 0 Å². The van der Waals surface area contributed by atoms with Crippen molar-refractivity contribution in [3.8, 4) is 0 Å². The summed E-state index contributed by atoms with van der Waals surface area (Å²) in [6.07, 6.45) is 3.28. The molecule has 0 aliphatic rings. The third-order valence-corrected chi connectivity index (χ3v) is 4.33. The Hall–Kier alpha value is -0.0900. The van der Waals surface area contributed by atoms with Crippen molar-refractivity contribution in [2.75, 3.05) is 19.3 Å². The molecule has 0 aromatic rings. The van der Waals surface area contributed by atoms with Gasteiger partial charge in [-0.2, -0.15) is 0 Å². The molecule has 0 amide bonds.